The number of aryl methyl sites for hydroxylation is 3. The summed E-state index contributed by atoms with van der Waals surface area (Å²) in [5.41, 5.74) is 1.22. The van der Waals surface area contributed by atoms with Gasteiger partial charge in [-0.2, -0.15) is 0 Å². The van der Waals surface area contributed by atoms with E-state index in [0.29, 0.717) is 12.2 Å². The van der Waals surface area contributed by atoms with E-state index >= 15 is 0 Å². The van der Waals surface area contributed by atoms with Crippen molar-refractivity contribution in [2.75, 3.05) is 13.7 Å². The number of hydrogen-bond acceptors (Lipinski definition) is 5. The third-order valence-electron chi connectivity index (χ3n) is 5.01. The van der Waals surface area contributed by atoms with E-state index in [2.05, 4.69) is 22.7 Å². The standard InChI is InChI=1S/C23H24N4O4/c1-5-12-27-22(29)20-21(26(23(27)30)13-7-14-28)24-19(25(20)3)11-9-16-8-10-18(31-4)17(6-2)15-16/h1,8,10,15,28H,6-7,12-14H2,2-4H3. The van der Waals surface area contributed by atoms with Crippen LogP contribution in [0, 0.1) is 24.2 Å². The summed E-state index contributed by atoms with van der Waals surface area (Å²) in [7, 11) is 3.30. The molecule has 2 aromatic heterocycles. The molecule has 0 fully saturated rings. The van der Waals surface area contributed by atoms with Gasteiger partial charge in [-0.3, -0.25) is 9.36 Å². The second kappa shape index (κ2) is 9.38. The molecule has 1 aromatic carbocycles. The number of nitrogens with zero attached hydrogens (tertiary/aromatic N) is 4. The largest absolute Gasteiger partial charge is 0.496 e. The molecule has 8 nitrogen and oxygen atoms in total. The van der Waals surface area contributed by atoms with Crippen molar-refractivity contribution in [2.45, 2.75) is 32.9 Å². The quantitative estimate of drug-likeness (QED) is 0.598. The molecule has 160 valence electrons. The molecule has 0 unspecified atom stereocenters. The van der Waals surface area contributed by atoms with E-state index in [1.807, 2.05) is 25.1 Å². The third-order valence-corrected chi connectivity index (χ3v) is 5.01. The first-order valence-electron chi connectivity index (χ1n) is 9.90. The highest BCUT2D eigenvalue weighted by Gasteiger charge is 2.19. The van der Waals surface area contributed by atoms with E-state index in [1.165, 1.54) is 4.57 Å². The Morgan fingerprint density at radius 2 is 2.00 bits per heavy atom. The van der Waals surface area contributed by atoms with Gasteiger partial charge in [-0.15, -0.1) is 6.42 Å². The third kappa shape index (κ3) is 4.11. The average molecular weight is 420 g/mol. The number of hydrogen-bond donors (Lipinski definition) is 1. The lowest BCUT2D eigenvalue weighted by molar-refractivity contribution is 0.279. The number of rotatable bonds is 6. The highest BCUT2D eigenvalue weighted by atomic mass is 16.5. The maximum Gasteiger partial charge on any atom is 0.333 e. The number of ether oxygens (including phenoxy) is 1. The number of imidazole rings is 1. The van der Waals surface area contributed by atoms with E-state index in [-0.39, 0.29) is 30.9 Å². The van der Waals surface area contributed by atoms with Crippen LogP contribution >= 0.6 is 0 Å². The first kappa shape index (κ1) is 21.9. The summed E-state index contributed by atoms with van der Waals surface area (Å²) in [6, 6.07) is 5.67. The molecule has 2 heterocycles. The van der Waals surface area contributed by atoms with Crippen molar-refractivity contribution in [2.24, 2.45) is 7.05 Å². The molecule has 3 aromatic rings. The fraction of sp³-hybridized carbons (Fsp3) is 0.348. The lowest BCUT2D eigenvalue weighted by Crippen LogP contribution is -2.40. The first-order valence-corrected chi connectivity index (χ1v) is 9.90. The van der Waals surface area contributed by atoms with Crippen molar-refractivity contribution < 1.29 is 9.84 Å². The van der Waals surface area contributed by atoms with Crippen molar-refractivity contribution in [3.05, 3.63) is 56.0 Å². The summed E-state index contributed by atoms with van der Waals surface area (Å²) in [6.07, 6.45) is 6.48. The van der Waals surface area contributed by atoms with Crippen LogP contribution in [-0.2, 0) is 26.6 Å². The monoisotopic (exact) mass is 420 g/mol. The molecule has 1 N–H and O–H groups in total. The van der Waals surface area contributed by atoms with Crippen LogP contribution in [0.15, 0.2) is 27.8 Å². The Morgan fingerprint density at radius 1 is 1.23 bits per heavy atom. The highest BCUT2D eigenvalue weighted by Crippen LogP contribution is 2.20. The lowest BCUT2D eigenvalue weighted by atomic mass is 10.1. The van der Waals surface area contributed by atoms with Crippen LogP contribution in [0.4, 0.5) is 0 Å². The molecule has 31 heavy (non-hydrogen) atoms. The Morgan fingerprint density at radius 3 is 2.65 bits per heavy atom. The number of benzene rings is 1. The predicted molar refractivity (Wildman–Crippen MR) is 118 cm³/mol. The summed E-state index contributed by atoms with van der Waals surface area (Å²) in [5, 5.41) is 9.19. The number of aromatic nitrogens is 4. The zero-order valence-electron chi connectivity index (χ0n) is 17.8. The molecule has 0 atom stereocenters. The minimum Gasteiger partial charge on any atom is -0.496 e. The Balaban J connectivity index is 2.19. The van der Waals surface area contributed by atoms with Crippen molar-refractivity contribution in [1.82, 2.24) is 18.7 Å². The second-order valence-corrected chi connectivity index (χ2v) is 6.90. The van der Waals surface area contributed by atoms with Crippen LogP contribution in [-0.4, -0.2) is 37.5 Å². The van der Waals surface area contributed by atoms with Crippen LogP contribution in [0.3, 0.4) is 0 Å². The smallest absolute Gasteiger partial charge is 0.333 e. The minimum atomic E-state index is -0.552. The van der Waals surface area contributed by atoms with Gasteiger partial charge in [0.15, 0.2) is 17.0 Å². The SMILES string of the molecule is C#CCn1c(=O)c2c(nc(C#Cc3ccc(OC)c(CC)c3)n2C)n(CCCO)c1=O. The van der Waals surface area contributed by atoms with Gasteiger partial charge in [0.25, 0.3) is 5.56 Å². The normalized spacial score (nSPS) is 10.5. The predicted octanol–water partition coefficient (Wildman–Crippen LogP) is 0.883. The first-order chi connectivity index (χ1) is 15.0. The van der Waals surface area contributed by atoms with Gasteiger partial charge in [0.1, 0.15) is 5.75 Å². The molecule has 0 bridgehead atoms. The van der Waals surface area contributed by atoms with Gasteiger partial charge in [-0.25, -0.2) is 14.3 Å². The molecule has 0 spiro atoms. The van der Waals surface area contributed by atoms with Crippen molar-refractivity contribution in [1.29, 1.82) is 0 Å². The molecule has 3 rings (SSSR count). The van der Waals surface area contributed by atoms with Crippen LogP contribution in [0.25, 0.3) is 11.2 Å². The van der Waals surface area contributed by atoms with Gasteiger partial charge in [-0.05, 0) is 42.5 Å². The molecule has 0 aliphatic carbocycles. The van der Waals surface area contributed by atoms with E-state index < -0.39 is 11.2 Å². The summed E-state index contributed by atoms with van der Waals surface area (Å²) >= 11 is 0. The second-order valence-electron chi connectivity index (χ2n) is 6.90. The number of fused-ring (bicyclic) bond motifs is 1. The van der Waals surface area contributed by atoms with Crippen LogP contribution in [0.5, 0.6) is 5.75 Å². The van der Waals surface area contributed by atoms with Crippen LogP contribution < -0.4 is 16.0 Å². The summed E-state index contributed by atoms with van der Waals surface area (Å²) < 4.78 is 9.27. The topological polar surface area (TPSA) is 91.3 Å². The molecule has 0 radical (unpaired) electrons. The zero-order valence-corrected chi connectivity index (χ0v) is 17.8. The van der Waals surface area contributed by atoms with E-state index in [0.717, 1.165) is 27.9 Å². The van der Waals surface area contributed by atoms with Gasteiger partial charge in [0, 0.05) is 25.8 Å². The summed E-state index contributed by atoms with van der Waals surface area (Å²) in [6.45, 7) is 2.00. The van der Waals surface area contributed by atoms with Gasteiger partial charge in [0.05, 0.1) is 13.7 Å². The van der Waals surface area contributed by atoms with Gasteiger partial charge >= 0.3 is 5.69 Å². The number of terminal acetylenes is 1. The lowest BCUT2D eigenvalue weighted by Gasteiger charge is -2.09. The summed E-state index contributed by atoms with van der Waals surface area (Å²) in [4.78, 5) is 30.2. The maximum atomic E-state index is 12.9. The Labute approximate surface area is 179 Å². The minimum absolute atomic E-state index is 0.0983. The van der Waals surface area contributed by atoms with E-state index in [4.69, 9.17) is 11.2 Å². The van der Waals surface area contributed by atoms with E-state index in [9.17, 15) is 14.7 Å². The molecule has 0 aliphatic heterocycles. The maximum absolute atomic E-state index is 12.9. The molecule has 8 heteroatoms. The molecule has 0 aliphatic rings. The van der Waals surface area contributed by atoms with Crippen LogP contribution in [0.2, 0.25) is 0 Å². The van der Waals surface area contributed by atoms with Crippen molar-refractivity contribution >= 4 is 11.2 Å². The number of methoxy groups -OCH3 is 1. The van der Waals surface area contributed by atoms with Crippen molar-refractivity contribution in [3.8, 4) is 29.9 Å². The Hall–Kier alpha value is -3.75. The number of aliphatic hydroxyl groups excluding tert-OH is 1. The average Bonchev–Trinajstić information content (AvgIpc) is 3.11. The Bertz CT molecular complexity index is 1340. The van der Waals surface area contributed by atoms with Crippen molar-refractivity contribution in [3.63, 3.8) is 0 Å². The molecular formula is C23H24N4O4. The molecule has 0 saturated carbocycles. The highest BCUT2D eigenvalue weighted by molar-refractivity contribution is 5.72. The van der Waals surface area contributed by atoms with Gasteiger partial charge in [0.2, 0.25) is 0 Å². The molecule has 0 saturated heterocycles. The zero-order chi connectivity index (χ0) is 22.5. The molecular weight excluding hydrogens is 396 g/mol. The molecule has 0 amide bonds. The summed E-state index contributed by atoms with van der Waals surface area (Å²) in [5.74, 6) is 9.55. The van der Waals surface area contributed by atoms with Gasteiger partial charge < -0.3 is 14.4 Å². The number of aliphatic hydroxyl groups is 1. The fourth-order valence-corrected chi connectivity index (χ4v) is 3.40. The van der Waals surface area contributed by atoms with Gasteiger partial charge in [-0.1, -0.05) is 18.8 Å². The Kier molecular flexibility index (Phi) is 6.64. The van der Waals surface area contributed by atoms with Crippen LogP contribution in [0.1, 0.15) is 30.3 Å². The fourth-order valence-electron chi connectivity index (χ4n) is 3.40. The van der Waals surface area contributed by atoms with E-state index in [1.54, 1.807) is 18.7 Å².